The van der Waals surface area contributed by atoms with Crippen LogP contribution in [0.5, 0.6) is 0 Å². The van der Waals surface area contributed by atoms with Crippen molar-refractivity contribution in [2.75, 3.05) is 7.11 Å². The minimum atomic E-state index is -0.175. The lowest BCUT2D eigenvalue weighted by atomic mass is 10.1. The van der Waals surface area contributed by atoms with E-state index in [1.807, 2.05) is 54.6 Å². The molecule has 21 heavy (non-hydrogen) atoms. The van der Waals surface area contributed by atoms with Gasteiger partial charge >= 0.3 is 6.03 Å². The Morgan fingerprint density at radius 3 is 2.24 bits per heavy atom. The maximum absolute atomic E-state index is 11.8. The first-order chi connectivity index (χ1) is 10.3. The Morgan fingerprint density at radius 1 is 0.905 bits per heavy atom. The number of ether oxygens (including phenoxy) is 1. The first-order valence-corrected chi connectivity index (χ1v) is 6.91. The molecule has 2 N–H and O–H groups in total. The van der Waals surface area contributed by atoms with E-state index in [-0.39, 0.29) is 6.03 Å². The number of carbonyl (C=O) groups excluding carboxylic acids is 1. The van der Waals surface area contributed by atoms with E-state index in [9.17, 15) is 4.79 Å². The van der Waals surface area contributed by atoms with Crippen LogP contribution in [0.15, 0.2) is 54.6 Å². The number of rotatable bonds is 6. The molecule has 2 rings (SSSR count). The summed E-state index contributed by atoms with van der Waals surface area (Å²) in [6, 6.07) is 17.6. The zero-order valence-electron chi connectivity index (χ0n) is 12.1. The maximum atomic E-state index is 11.8. The average molecular weight is 284 g/mol. The Balaban J connectivity index is 1.81. The molecule has 0 aromatic heterocycles. The van der Waals surface area contributed by atoms with Gasteiger partial charge in [0.25, 0.3) is 0 Å². The standard InChI is InChI=1S/C17H20N2O2/c1-21-13-16-10-6-5-9-15(16)12-19-17(20)18-11-14-7-3-2-4-8-14/h2-10H,11-13H2,1H3,(H2,18,19,20). The molecule has 0 aliphatic carbocycles. The van der Waals surface area contributed by atoms with Gasteiger partial charge in [-0.15, -0.1) is 0 Å². The minimum absolute atomic E-state index is 0.175. The molecule has 0 saturated heterocycles. The fourth-order valence-electron chi connectivity index (χ4n) is 2.04. The smallest absolute Gasteiger partial charge is 0.315 e. The highest BCUT2D eigenvalue weighted by molar-refractivity contribution is 5.73. The molecule has 2 aromatic rings. The van der Waals surface area contributed by atoms with Gasteiger partial charge in [0.2, 0.25) is 0 Å². The van der Waals surface area contributed by atoms with Crippen molar-refractivity contribution in [1.29, 1.82) is 0 Å². The van der Waals surface area contributed by atoms with Crippen LogP contribution in [0.3, 0.4) is 0 Å². The molecule has 0 spiro atoms. The van der Waals surface area contributed by atoms with E-state index < -0.39 is 0 Å². The second-order valence-electron chi connectivity index (χ2n) is 4.72. The van der Waals surface area contributed by atoms with Crippen molar-refractivity contribution < 1.29 is 9.53 Å². The zero-order valence-corrected chi connectivity index (χ0v) is 12.1. The predicted molar refractivity (Wildman–Crippen MR) is 82.7 cm³/mol. The van der Waals surface area contributed by atoms with Crippen LogP contribution in [0.2, 0.25) is 0 Å². The fraction of sp³-hybridized carbons (Fsp3) is 0.235. The van der Waals surface area contributed by atoms with E-state index >= 15 is 0 Å². The molecule has 4 nitrogen and oxygen atoms in total. The quantitative estimate of drug-likeness (QED) is 0.857. The summed E-state index contributed by atoms with van der Waals surface area (Å²) < 4.78 is 5.15. The van der Waals surface area contributed by atoms with Crippen molar-refractivity contribution in [2.45, 2.75) is 19.7 Å². The van der Waals surface area contributed by atoms with Crippen LogP contribution < -0.4 is 10.6 Å². The maximum Gasteiger partial charge on any atom is 0.315 e. The van der Waals surface area contributed by atoms with Gasteiger partial charge in [-0.05, 0) is 16.7 Å². The minimum Gasteiger partial charge on any atom is -0.380 e. The summed E-state index contributed by atoms with van der Waals surface area (Å²) in [4.78, 5) is 11.8. The van der Waals surface area contributed by atoms with Crippen LogP contribution in [-0.2, 0) is 24.4 Å². The number of amides is 2. The fourth-order valence-corrected chi connectivity index (χ4v) is 2.04. The number of hydrogen-bond acceptors (Lipinski definition) is 2. The van der Waals surface area contributed by atoms with E-state index in [0.717, 1.165) is 16.7 Å². The number of benzene rings is 2. The van der Waals surface area contributed by atoms with Gasteiger partial charge in [-0.3, -0.25) is 0 Å². The van der Waals surface area contributed by atoms with Gasteiger partial charge in [-0.1, -0.05) is 54.6 Å². The summed E-state index contributed by atoms with van der Waals surface area (Å²) in [6.45, 7) is 1.55. The summed E-state index contributed by atoms with van der Waals surface area (Å²) in [5.74, 6) is 0. The summed E-state index contributed by atoms with van der Waals surface area (Å²) in [5.41, 5.74) is 3.23. The molecular formula is C17H20N2O2. The molecule has 0 aliphatic rings. The first-order valence-electron chi connectivity index (χ1n) is 6.91. The van der Waals surface area contributed by atoms with E-state index in [2.05, 4.69) is 10.6 Å². The van der Waals surface area contributed by atoms with Crippen molar-refractivity contribution in [3.05, 3.63) is 71.3 Å². The van der Waals surface area contributed by atoms with E-state index in [4.69, 9.17) is 4.74 Å². The van der Waals surface area contributed by atoms with Crippen LogP contribution in [0.25, 0.3) is 0 Å². The van der Waals surface area contributed by atoms with Crippen LogP contribution in [0.4, 0.5) is 4.79 Å². The Labute approximate surface area is 125 Å². The summed E-state index contributed by atoms with van der Waals surface area (Å²) in [7, 11) is 1.66. The lowest BCUT2D eigenvalue weighted by molar-refractivity contribution is 0.184. The highest BCUT2D eigenvalue weighted by Crippen LogP contribution is 2.09. The van der Waals surface area contributed by atoms with Crippen molar-refractivity contribution in [1.82, 2.24) is 10.6 Å². The third-order valence-electron chi connectivity index (χ3n) is 3.15. The second kappa shape index (κ2) is 8.07. The summed E-state index contributed by atoms with van der Waals surface area (Å²) >= 11 is 0. The monoisotopic (exact) mass is 284 g/mol. The van der Waals surface area contributed by atoms with Crippen LogP contribution in [0.1, 0.15) is 16.7 Å². The summed E-state index contributed by atoms with van der Waals surface area (Å²) in [6.07, 6.45) is 0. The van der Waals surface area contributed by atoms with E-state index in [1.54, 1.807) is 7.11 Å². The largest absolute Gasteiger partial charge is 0.380 e. The SMILES string of the molecule is COCc1ccccc1CNC(=O)NCc1ccccc1. The number of nitrogens with one attached hydrogen (secondary N) is 2. The second-order valence-corrected chi connectivity index (χ2v) is 4.72. The third-order valence-corrected chi connectivity index (χ3v) is 3.15. The van der Waals surface area contributed by atoms with Gasteiger partial charge in [-0.25, -0.2) is 4.79 Å². The van der Waals surface area contributed by atoms with Gasteiger partial charge in [0.05, 0.1) is 6.61 Å². The van der Waals surface area contributed by atoms with Crippen LogP contribution >= 0.6 is 0 Å². The van der Waals surface area contributed by atoms with Crippen LogP contribution in [-0.4, -0.2) is 13.1 Å². The Bertz CT molecular complexity index is 570. The van der Waals surface area contributed by atoms with Crippen molar-refractivity contribution >= 4 is 6.03 Å². The molecule has 0 aliphatic heterocycles. The summed E-state index contributed by atoms with van der Waals surface area (Å²) in [5, 5.41) is 5.70. The lowest BCUT2D eigenvalue weighted by Crippen LogP contribution is -2.34. The van der Waals surface area contributed by atoms with Gasteiger partial charge in [0.15, 0.2) is 0 Å². The Hall–Kier alpha value is -2.33. The third kappa shape index (κ3) is 4.93. The molecule has 0 radical (unpaired) electrons. The number of hydrogen-bond donors (Lipinski definition) is 2. The highest BCUT2D eigenvalue weighted by atomic mass is 16.5. The first kappa shape index (κ1) is 15.1. The molecule has 0 saturated carbocycles. The Morgan fingerprint density at radius 2 is 1.52 bits per heavy atom. The molecule has 2 aromatic carbocycles. The van der Waals surface area contributed by atoms with Gasteiger partial charge in [0.1, 0.15) is 0 Å². The number of carbonyl (C=O) groups is 1. The normalized spacial score (nSPS) is 10.1. The van der Waals surface area contributed by atoms with Gasteiger partial charge < -0.3 is 15.4 Å². The molecule has 0 fully saturated rings. The molecule has 0 heterocycles. The molecule has 0 bridgehead atoms. The molecule has 2 amide bonds. The molecule has 4 heteroatoms. The average Bonchev–Trinajstić information content (AvgIpc) is 2.53. The van der Waals surface area contributed by atoms with Crippen molar-refractivity contribution in [3.63, 3.8) is 0 Å². The molecule has 110 valence electrons. The van der Waals surface area contributed by atoms with Crippen molar-refractivity contribution in [3.8, 4) is 0 Å². The van der Waals surface area contributed by atoms with E-state index in [1.165, 1.54) is 0 Å². The van der Waals surface area contributed by atoms with E-state index in [0.29, 0.717) is 19.7 Å². The molecule has 0 unspecified atom stereocenters. The topological polar surface area (TPSA) is 50.4 Å². The van der Waals surface area contributed by atoms with Gasteiger partial charge in [0, 0.05) is 20.2 Å². The highest BCUT2D eigenvalue weighted by Gasteiger charge is 2.04. The van der Waals surface area contributed by atoms with Crippen molar-refractivity contribution in [2.24, 2.45) is 0 Å². The molecule has 0 atom stereocenters. The van der Waals surface area contributed by atoms with Gasteiger partial charge in [-0.2, -0.15) is 0 Å². The number of urea groups is 1. The molecular weight excluding hydrogens is 264 g/mol. The lowest BCUT2D eigenvalue weighted by Gasteiger charge is -2.11. The van der Waals surface area contributed by atoms with Crippen LogP contribution in [0, 0.1) is 0 Å². The predicted octanol–water partition coefficient (Wildman–Crippen LogP) is 2.83. The zero-order chi connectivity index (χ0) is 14.9. The Kier molecular flexibility index (Phi) is 5.79. The number of methoxy groups -OCH3 is 1.